The summed E-state index contributed by atoms with van der Waals surface area (Å²) in [4.78, 5) is 0. The van der Waals surface area contributed by atoms with Crippen molar-refractivity contribution >= 4 is 34.1 Å². The molecule has 5 heteroatoms. The van der Waals surface area contributed by atoms with Gasteiger partial charge in [0.15, 0.2) is 0 Å². The van der Waals surface area contributed by atoms with Gasteiger partial charge in [0.2, 0.25) is 0 Å². The van der Waals surface area contributed by atoms with E-state index in [1.807, 2.05) is 2.94 Å². The lowest BCUT2D eigenvalue weighted by molar-refractivity contribution is 0.536. The zero-order valence-corrected chi connectivity index (χ0v) is 5.08. The van der Waals surface area contributed by atoms with Crippen LogP contribution in [0.5, 0.6) is 0 Å². The van der Waals surface area contributed by atoms with Crippen LogP contribution in [-0.2, 0) is 11.3 Å². The molecule has 32 valence electrons. The van der Waals surface area contributed by atoms with E-state index in [4.69, 9.17) is 0 Å². The summed E-state index contributed by atoms with van der Waals surface area (Å²) in [6.45, 7) is 0. The number of hydrogen-bond donors (Lipinski definition) is 1. The predicted octanol–water partition coefficient (Wildman–Crippen LogP) is -0.280. The molecule has 0 radical (unpaired) electrons. The van der Waals surface area contributed by atoms with Crippen molar-refractivity contribution in [1.29, 1.82) is 0 Å². The summed E-state index contributed by atoms with van der Waals surface area (Å²) >= 11 is -0.571. The van der Waals surface area contributed by atoms with E-state index in [9.17, 15) is 8.76 Å². The van der Waals surface area contributed by atoms with Crippen molar-refractivity contribution in [2.24, 2.45) is 0 Å². The number of hydrogen-bond acceptors (Lipinski definition) is 2. The Bertz CT molecular complexity index is 44.9. The lowest BCUT2D eigenvalue weighted by Crippen LogP contribution is -1.99. The highest BCUT2D eigenvalue weighted by Crippen LogP contribution is 1.67. The van der Waals surface area contributed by atoms with Crippen LogP contribution < -0.4 is 2.94 Å². The maximum Gasteiger partial charge on any atom is 0.0298 e. The lowest BCUT2D eigenvalue weighted by atomic mass is 13.9. The van der Waals surface area contributed by atoms with Crippen molar-refractivity contribution in [3.05, 3.63) is 0 Å². The number of nitrogens with one attached hydrogen (secondary N) is 1. The van der Waals surface area contributed by atoms with Crippen LogP contribution in [0.2, 0.25) is 0 Å². The molecular weight excluding hydrogens is 205 g/mol. The molecule has 0 amide bonds. The van der Waals surface area contributed by atoms with E-state index in [1.165, 1.54) is 22.9 Å². The zero-order valence-electron chi connectivity index (χ0n) is 2.10. The Labute approximate surface area is 46.1 Å². The molecule has 0 aliphatic rings. The van der Waals surface area contributed by atoms with Gasteiger partial charge in [0.25, 0.3) is 0 Å². The molecule has 0 aromatic heterocycles. The van der Waals surface area contributed by atoms with Gasteiger partial charge in [0.1, 0.15) is 0 Å². The summed E-state index contributed by atoms with van der Waals surface area (Å²) in [5.41, 5.74) is 0. The predicted molar refractivity (Wildman–Crippen MR) is 26.1 cm³/mol. The Hall–Kier alpha value is 0.800. The van der Waals surface area contributed by atoms with Crippen LogP contribution in [0.1, 0.15) is 0 Å². The quantitative estimate of drug-likeness (QED) is 0.364. The highest BCUT2D eigenvalue weighted by atomic mass is 127. The van der Waals surface area contributed by atoms with Crippen LogP contribution in [0.25, 0.3) is 0 Å². The molecule has 0 heterocycles. The van der Waals surface area contributed by atoms with Gasteiger partial charge >= 0.3 is 0 Å². The van der Waals surface area contributed by atoms with Crippen molar-refractivity contribution < 1.29 is 8.76 Å². The fourth-order valence-electron chi connectivity index (χ4n) is 0. The third-order valence-electron chi connectivity index (χ3n) is 0.0630. The minimum Gasteiger partial charge on any atom is -0.759 e. The minimum atomic E-state index is -2.09. The van der Waals surface area contributed by atoms with Crippen LogP contribution >= 0.6 is 22.9 Å². The van der Waals surface area contributed by atoms with E-state index in [0.29, 0.717) is 0 Å². The van der Waals surface area contributed by atoms with Gasteiger partial charge in [0.05, 0.1) is 0 Å². The molecule has 0 rings (SSSR count). The van der Waals surface area contributed by atoms with Gasteiger partial charge < -0.3 is 4.55 Å². The van der Waals surface area contributed by atoms with Gasteiger partial charge in [-0.15, -0.1) is 0 Å². The van der Waals surface area contributed by atoms with Gasteiger partial charge in [-0.3, -0.25) is 4.21 Å². The summed E-state index contributed by atoms with van der Waals surface area (Å²) < 4.78 is 20.4. The molecule has 5 heavy (non-hydrogen) atoms. The second-order valence-corrected chi connectivity index (χ2v) is 2.26. The molecule has 0 spiro atoms. The van der Waals surface area contributed by atoms with Gasteiger partial charge in [-0.2, -0.15) is 2.94 Å². The van der Waals surface area contributed by atoms with Gasteiger partial charge in [-0.1, -0.05) is 0 Å². The maximum absolute atomic E-state index is 9.25. The van der Waals surface area contributed by atoms with Crippen molar-refractivity contribution in [1.82, 2.24) is 2.94 Å². The smallest absolute Gasteiger partial charge is 0.0298 e. The van der Waals surface area contributed by atoms with Gasteiger partial charge in [-0.05, 0) is 0 Å². The Morgan fingerprint density at radius 3 is 2.20 bits per heavy atom. The lowest BCUT2D eigenvalue weighted by Gasteiger charge is -1.93. The number of rotatable bonds is 1. The molecule has 1 unspecified atom stereocenters. The molecule has 0 saturated heterocycles. The minimum absolute atomic E-state index is 1.51. The first kappa shape index (κ1) is 5.80. The summed E-state index contributed by atoms with van der Waals surface area (Å²) in [5, 5.41) is 0. The van der Waals surface area contributed by atoms with Gasteiger partial charge in [0, 0.05) is 34.1 Å². The third kappa shape index (κ3) is 4.80. The molecule has 1 N–H and O–H groups in total. The molecule has 1 atom stereocenters. The van der Waals surface area contributed by atoms with Crippen molar-refractivity contribution in [3.63, 3.8) is 0 Å². The molecule has 0 saturated carbocycles. The molecule has 3 nitrogen and oxygen atoms in total. The first-order valence-electron chi connectivity index (χ1n) is 0.726. The van der Waals surface area contributed by atoms with Crippen LogP contribution in [0.3, 0.4) is 0 Å². The summed E-state index contributed by atoms with van der Waals surface area (Å²) in [5.74, 6) is 0. The second kappa shape index (κ2) is 3.01. The topological polar surface area (TPSA) is 52.2 Å². The first-order chi connectivity index (χ1) is 2.27. The zero-order chi connectivity index (χ0) is 4.28. The molecule has 0 fully saturated rings. The standard InChI is InChI=1S/H2INO2S/c1-2-5(3)4/h2H,(H,3,4)/p-1. The monoisotopic (exact) mass is 206 g/mol. The SMILES string of the molecule is O=S([O-])NI. The summed E-state index contributed by atoms with van der Waals surface area (Å²) in [6.07, 6.45) is 0. The van der Waals surface area contributed by atoms with Crippen LogP contribution in [0.15, 0.2) is 0 Å². The maximum atomic E-state index is 9.25. The third-order valence-corrected chi connectivity index (χ3v) is 1.27. The normalized spacial score (nSPS) is 14.8. The van der Waals surface area contributed by atoms with Crippen molar-refractivity contribution in [2.75, 3.05) is 0 Å². The van der Waals surface area contributed by atoms with Crippen LogP contribution in [0, 0.1) is 0 Å². The van der Waals surface area contributed by atoms with Crippen molar-refractivity contribution in [2.45, 2.75) is 0 Å². The van der Waals surface area contributed by atoms with E-state index in [2.05, 4.69) is 0 Å². The highest BCUT2D eigenvalue weighted by Gasteiger charge is 1.60. The van der Waals surface area contributed by atoms with Crippen LogP contribution in [0.4, 0.5) is 0 Å². The van der Waals surface area contributed by atoms with E-state index in [0.717, 1.165) is 0 Å². The Morgan fingerprint density at radius 2 is 2.20 bits per heavy atom. The fourth-order valence-corrected chi connectivity index (χ4v) is 0. The Morgan fingerprint density at radius 1 is 2.00 bits per heavy atom. The van der Waals surface area contributed by atoms with E-state index in [1.54, 1.807) is 0 Å². The summed E-state index contributed by atoms with van der Waals surface area (Å²) in [6, 6.07) is 0. The van der Waals surface area contributed by atoms with Crippen LogP contribution in [-0.4, -0.2) is 8.76 Å². The molecule has 0 bridgehead atoms. The number of halogens is 1. The molecule has 0 aromatic carbocycles. The average Bonchev–Trinajstić information content (AvgIpc) is 1.38. The summed E-state index contributed by atoms with van der Waals surface area (Å²) in [7, 11) is 0. The molecular formula is HINO2S-. The largest absolute Gasteiger partial charge is 0.759 e. The Kier molecular flexibility index (Phi) is 3.49. The molecule has 0 aliphatic heterocycles. The van der Waals surface area contributed by atoms with E-state index < -0.39 is 11.3 Å². The fraction of sp³-hybridized carbons (Fsp3) is 0. The molecule has 0 aromatic rings. The molecule has 0 aliphatic carbocycles. The average molecular weight is 206 g/mol. The van der Waals surface area contributed by atoms with Gasteiger partial charge in [-0.25, -0.2) is 0 Å². The Balaban J connectivity index is 2.85. The van der Waals surface area contributed by atoms with E-state index in [-0.39, 0.29) is 0 Å². The highest BCUT2D eigenvalue weighted by molar-refractivity contribution is 14.1. The second-order valence-electron chi connectivity index (χ2n) is 0.312. The first-order valence-corrected chi connectivity index (χ1v) is 2.88. The van der Waals surface area contributed by atoms with Crippen molar-refractivity contribution in [3.8, 4) is 0 Å². The van der Waals surface area contributed by atoms with E-state index >= 15 is 0 Å².